The second-order valence-electron chi connectivity index (χ2n) is 25.9. The first-order valence-electron chi connectivity index (χ1n) is 36.0. The fourth-order valence-corrected chi connectivity index (χ4v) is 12.0. The van der Waals surface area contributed by atoms with Crippen LogP contribution in [-0.4, -0.2) is 96.7 Å². The monoisotopic (exact) mass is 1300 g/mol. The number of carbonyl (C=O) groups excluding carboxylic acids is 4. The molecule has 0 amide bonds. The van der Waals surface area contributed by atoms with Crippen LogP contribution >= 0.6 is 15.6 Å². The Hall–Kier alpha value is -1.94. The molecule has 0 aliphatic rings. The Bertz CT molecular complexity index is 1720. The predicted octanol–water partition coefficient (Wildman–Crippen LogP) is 19.6. The number of rotatable bonds is 68. The zero-order chi connectivity index (χ0) is 65.0. The van der Waals surface area contributed by atoms with Gasteiger partial charge in [0.1, 0.15) is 19.3 Å². The van der Waals surface area contributed by atoms with Crippen LogP contribution in [-0.2, 0) is 65.4 Å². The van der Waals surface area contributed by atoms with Crippen molar-refractivity contribution >= 4 is 39.5 Å². The molecule has 0 heterocycles. The van der Waals surface area contributed by atoms with Gasteiger partial charge in [0.15, 0.2) is 12.2 Å². The molecule has 0 rings (SSSR count). The average Bonchev–Trinajstić information content (AvgIpc) is 3.55. The molecule has 0 saturated carbocycles. The molecule has 0 spiro atoms. The summed E-state index contributed by atoms with van der Waals surface area (Å²) in [5.41, 5.74) is 0. The van der Waals surface area contributed by atoms with Gasteiger partial charge in [-0.2, -0.15) is 0 Å². The molecule has 0 saturated heterocycles. The first-order chi connectivity index (χ1) is 42.4. The Morgan fingerprint density at radius 1 is 0.307 bits per heavy atom. The lowest BCUT2D eigenvalue weighted by atomic mass is 10.0. The SMILES string of the molecule is CCCCCCCCCCCCCCCCC(=O)OC[C@H](COP(=O)(O)OC[C@@H](O)COP(=O)(O)OC[C@@H](COC(=O)CCCCCCCCCCC)OC(=O)CCCCCCCCCCC(C)C)OC(=O)CCCCCCCCCCCCCC(C)C. The topological polar surface area (TPSA) is 237 Å². The standard InChI is InChI=1S/C69H134O17P2/c1-7-9-11-13-15-17-18-19-20-23-27-34-40-46-52-67(72)80-58-64(85-68(73)53-47-41-35-28-24-21-22-26-31-37-43-49-61(3)4)59-83-87(75,76)81-55-63(70)56-82-88(77,78)84-60-65(57-79-66(71)51-45-39-33-25-16-14-12-10-8-2)86-69(74)54-48-42-36-30-29-32-38-44-50-62(5)6/h61-65,70H,7-60H2,1-6H3,(H,75,76)(H,77,78)/t63-,64-,65-/m1/s1. The zero-order valence-corrected chi connectivity index (χ0v) is 58.8. The van der Waals surface area contributed by atoms with Crippen LogP contribution in [0.5, 0.6) is 0 Å². The Balaban J connectivity index is 5.24. The molecule has 0 fully saturated rings. The van der Waals surface area contributed by atoms with Crippen molar-refractivity contribution in [2.75, 3.05) is 39.6 Å². The number of phosphoric ester groups is 2. The minimum atomic E-state index is -4.95. The molecule has 2 unspecified atom stereocenters. The van der Waals surface area contributed by atoms with E-state index in [1.165, 1.54) is 167 Å². The highest BCUT2D eigenvalue weighted by atomic mass is 31.2. The number of phosphoric acid groups is 2. The van der Waals surface area contributed by atoms with Crippen molar-refractivity contribution in [3.8, 4) is 0 Å². The van der Waals surface area contributed by atoms with Crippen LogP contribution in [0.15, 0.2) is 0 Å². The lowest BCUT2D eigenvalue weighted by molar-refractivity contribution is -0.161. The number of hydrogen-bond acceptors (Lipinski definition) is 15. The number of aliphatic hydroxyl groups excluding tert-OH is 1. The predicted molar refractivity (Wildman–Crippen MR) is 354 cm³/mol. The molecule has 0 aromatic rings. The van der Waals surface area contributed by atoms with Crippen LogP contribution in [0.4, 0.5) is 0 Å². The molecule has 522 valence electrons. The van der Waals surface area contributed by atoms with Gasteiger partial charge in [0.05, 0.1) is 26.4 Å². The molecular weight excluding hydrogens is 1160 g/mol. The van der Waals surface area contributed by atoms with Gasteiger partial charge in [-0.15, -0.1) is 0 Å². The van der Waals surface area contributed by atoms with E-state index in [0.717, 1.165) is 102 Å². The molecule has 88 heavy (non-hydrogen) atoms. The quantitative estimate of drug-likeness (QED) is 0.0222. The van der Waals surface area contributed by atoms with Gasteiger partial charge in [-0.3, -0.25) is 37.3 Å². The van der Waals surface area contributed by atoms with E-state index in [2.05, 4.69) is 41.5 Å². The van der Waals surface area contributed by atoms with Crippen molar-refractivity contribution in [1.82, 2.24) is 0 Å². The third-order valence-corrected chi connectivity index (χ3v) is 17.9. The van der Waals surface area contributed by atoms with Gasteiger partial charge in [0.25, 0.3) is 0 Å². The number of unbranched alkanes of at least 4 members (excludes halogenated alkanes) is 38. The van der Waals surface area contributed by atoms with Crippen molar-refractivity contribution < 1.29 is 80.2 Å². The Kier molecular flexibility index (Phi) is 59.9. The molecule has 0 aliphatic carbocycles. The number of carbonyl (C=O) groups is 4. The van der Waals surface area contributed by atoms with Crippen molar-refractivity contribution in [2.24, 2.45) is 11.8 Å². The summed E-state index contributed by atoms with van der Waals surface area (Å²) in [5, 5.41) is 10.6. The maximum atomic E-state index is 13.0. The van der Waals surface area contributed by atoms with E-state index in [1.54, 1.807) is 0 Å². The molecule has 5 atom stereocenters. The van der Waals surface area contributed by atoms with Crippen LogP contribution in [0, 0.1) is 11.8 Å². The average molecular weight is 1300 g/mol. The number of esters is 4. The summed E-state index contributed by atoms with van der Waals surface area (Å²) in [6, 6.07) is 0. The van der Waals surface area contributed by atoms with Gasteiger partial charge in [-0.25, -0.2) is 9.13 Å². The fraction of sp³-hybridized carbons (Fsp3) is 0.942. The third-order valence-electron chi connectivity index (χ3n) is 16.0. The van der Waals surface area contributed by atoms with Gasteiger partial charge in [0, 0.05) is 25.7 Å². The van der Waals surface area contributed by atoms with E-state index in [1.807, 2.05) is 0 Å². The largest absolute Gasteiger partial charge is 0.472 e. The van der Waals surface area contributed by atoms with Gasteiger partial charge in [-0.05, 0) is 37.5 Å². The van der Waals surface area contributed by atoms with Gasteiger partial charge in [-0.1, -0.05) is 298 Å². The lowest BCUT2D eigenvalue weighted by Gasteiger charge is -2.21. The second kappa shape index (κ2) is 61.3. The van der Waals surface area contributed by atoms with Crippen molar-refractivity contribution in [3.05, 3.63) is 0 Å². The summed E-state index contributed by atoms with van der Waals surface area (Å²) in [4.78, 5) is 72.4. The van der Waals surface area contributed by atoms with E-state index < -0.39 is 97.5 Å². The van der Waals surface area contributed by atoms with Crippen LogP contribution < -0.4 is 0 Å². The van der Waals surface area contributed by atoms with Gasteiger partial charge >= 0.3 is 39.5 Å². The van der Waals surface area contributed by atoms with Gasteiger partial charge in [0.2, 0.25) is 0 Å². The molecule has 0 radical (unpaired) electrons. The highest BCUT2D eigenvalue weighted by molar-refractivity contribution is 7.47. The van der Waals surface area contributed by atoms with Crippen molar-refractivity contribution in [2.45, 2.75) is 368 Å². The molecule has 3 N–H and O–H groups in total. The Labute approximate surface area is 537 Å². The zero-order valence-electron chi connectivity index (χ0n) is 57.0. The summed E-state index contributed by atoms with van der Waals surface area (Å²) in [5.74, 6) is -0.643. The maximum Gasteiger partial charge on any atom is 0.472 e. The van der Waals surface area contributed by atoms with E-state index >= 15 is 0 Å². The fourth-order valence-electron chi connectivity index (χ4n) is 10.4. The number of hydrogen-bond donors (Lipinski definition) is 3. The smallest absolute Gasteiger partial charge is 0.462 e. The summed E-state index contributed by atoms with van der Waals surface area (Å²) in [6.07, 6.45) is 45.8. The second-order valence-corrected chi connectivity index (χ2v) is 28.8. The highest BCUT2D eigenvalue weighted by Crippen LogP contribution is 2.45. The van der Waals surface area contributed by atoms with E-state index in [9.17, 15) is 43.2 Å². The molecule has 17 nitrogen and oxygen atoms in total. The summed E-state index contributed by atoms with van der Waals surface area (Å²) in [7, 11) is -9.90. The maximum absolute atomic E-state index is 13.0. The van der Waals surface area contributed by atoms with Crippen LogP contribution in [0.3, 0.4) is 0 Å². The Morgan fingerprint density at radius 3 is 0.773 bits per heavy atom. The van der Waals surface area contributed by atoms with E-state index in [4.69, 9.17) is 37.0 Å². The summed E-state index contributed by atoms with van der Waals surface area (Å²) in [6.45, 7) is 9.49. The van der Waals surface area contributed by atoms with Crippen LogP contribution in [0.2, 0.25) is 0 Å². The minimum absolute atomic E-state index is 0.104. The molecule has 0 bridgehead atoms. The minimum Gasteiger partial charge on any atom is -0.462 e. The molecule has 0 aliphatic heterocycles. The number of ether oxygens (including phenoxy) is 4. The first kappa shape index (κ1) is 86.1. The number of aliphatic hydroxyl groups is 1. The van der Waals surface area contributed by atoms with Crippen LogP contribution in [0.1, 0.15) is 350 Å². The highest BCUT2D eigenvalue weighted by Gasteiger charge is 2.30. The molecule has 0 aromatic carbocycles. The van der Waals surface area contributed by atoms with Crippen LogP contribution in [0.25, 0.3) is 0 Å². The summed E-state index contributed by atoms with van der Waals surface area (Å²) >= 11 is 0. The third kappa shape index (κ3) is 62.8. The van der Waals surface area contributed by atoms with E-state index in [-0.39, 0.29) is 25.7 Å². The molecular formula is C69H134O17P2. The Morgan fingerprint density at radius 2 is 0.523 bits per heavy atom. The van der Waals surface area contributed by atoms with Crippen molar-refractivity contribution in [3.63, 3.8) is 0 Å². The van der Waals surface area contributed by atoms with Crippen molar-refractivity contribution in [1.29, 1.82) is 0 Å². The lowest BCUT2D eigenvalue weighted by Crippen LogP contribution is -2.30. The molecule has 19 heteroatoms. The normalized spacial score (nSPS) is 14.2. The molecule has 0 aromatic heterocycles. The van der Waals surface area contributed by atoms with Gasteiger partial charge < -0.3 is 33.8 Å². The first-order valence-corrected chi connectivity index (χ1v) is 39.0. The summed E-state index contributed by atoms with van der Waals surface area (Å²) < 4.78 is 68.2. The van der Waals surface area contributed by atoms with E-state index in [0.29, 0.717) is 25.7 Å².